The Kier molecular flexibility index (Phi) is 22.6. The van der Waals surface area contributed by atoms with E-state index in [1.54, 1.807) is 0 Å². The molecule has 0 heterocycles. The van der Waals surface area contributed by atoms with Crippen LogP contribution >= 0.6 is 0 Å². The van der Waals surface area contributed by atoms with E-state index in [0.29, 0.717) is 12.8 Å². The summed E-state index contributed by atoms with van der Waals surface area (Å²) in [6.07, 6.45) is 15.3. The first-order valence-corrected chi connectivity index (χ1v) is 12.0. The Morgan fingerprint density at radius 3 is 1.58 bits per heavy atom. The zero-order valence-electron chi connectivity index (χ0n) is 17.5. The number of hydrogen-bond donors (Lipinski definition) is 1. The Morgan fingerprint density at radius 1 is 0.692 bits per heavy atom. The summed E-state index contributed by atoms with van der Waals surface area (Å²) in [5, 5.41) is 8.96. The summed E-state index contributed by atoms with van der Waals surface area (Å²) in [4.78, 5) is 0. The molecular weight excluding hydrogens is 375 g/mol. The van der Waals surface area contributed by atoms with Crippen molar-refractivity contribution in [3.63, 3.8) is 0 Å². The molecule has 2 atom stereocenters. The molecule has 0 aromatic heterocycles. The zero-order chi connectivity index (χ0) is 19.0. The van der Waals surface area contributed by atoms with Crippen molar-refractivity contribution in [3.8, 4) is 0 Å². The Bertz CT molecular complexity index is 387. The van der Waals surface area contributed by atoms with Gasteiger partial charge in [-0.1, -0.05) is 90.9 Å². The molecule has 0 radical (unpaired) electrons. The fourth-order valence-corrected chi connectivity index (χ4v) is 4.26. The Hall–Kier alpha value is 1.51. The van der Waals surface area contributed by atoms with Crippen LogP contribution in [0, 0.1) is 0 Å². The van der Waals surface area contributed by atoms with Gasteiger partial charge in [-0.15, -0.1) is 0 Å². The molecule has 0 saturated carbocycles. The van der Waals surface area contributed by atoms with Crippen LogP contribution in [0.5, 0.6) is 0 Å². The van der Waals surface area contributed by atoms with Gasteiger partial charge in [0.1, 0.15) is 0 Å². The van der Waals surface area contributed by atoms with Gasteiger partial charge >= 0.3 is 51.4 Å². The average molecular weight is 417 g/mol. The molecule has 1 N–H and O–H groups in total. The molecule has 0 bridgehead atoms. The molecule has 152 valence electrons. The molecule has 0 aliphatic heterocycles. The van der Waals surface area contributed by atoms with Crippen LogP contribution in [-0.4, -0.2) is 29.4 Å². The largest absolute Gasteiger partial charge is 1.00 e. The van der Waals surface area contributed by atoms with E-state index < -0.39 is 15.4 Å². The van der Waals surface area contributed by atoms with Gasteiger partial charge in [0.05, 0.1) is 16.2 Å². The van der Waals surface area contributed by atoms with Crippen molar-refractivity contribution in [3.05, 3.63) is 0 Å². The van der Waals surface area contributed by atoms with Crippen molar-refractivity contribution in [2.24, 2.45) is 0 Å². The minimum absolute atomic E-state index is 0. The molecule has 0 aliphatic carbocycles. The maximum Gasteiger partial charge on any atom is 1.00 e. The predicted octanol–water partition coefficient (Wildman–Crippen LogP) is 2.55. The first-order chi connectivity index (χ1) is 11.9. The summed E-state index contributed by atoms with van der Waals surface area (Å²) in [6, 6.07) is 0. The molecule has 0 aromatic carbocycles. The Morgan fingerprint density at radius 2 is 1.12 bits per heavy atom. The summed E-state index contributed by atoms with van der Waals surface area (Å²) in [7, 11) is -4.18. The summed E-state index contributed by atoms with van der Waals surface area (Å²) in [6.45, 7) is 4.26. The molecule has 0 saturated heterocycles. The maximum atomic E-state index is 11.4. The van der Waals surface area contributed by atoms with E-state index >= 15 is 0 Å². The van der Waals surface area contributed by atoms with Gasteiger partial charge in [0.15, 0.2) is 0 Å². The zero-order valence-corrected chi connectivity index (χ0v) is 21.5. The molecule has 0 rings (SSSR count). The molecular formula is C20H41KO4S. The van der Waals surface area contributed by atoms with Gasteiger partial charge in [0.25, 0.3) is 0 Å². The van der Waals surface area contributed by atoms with E-state index in [-0.39, 0.29) is 57.5 Å². The fraction of sp³-hybridized carbons (Fsp3) is 1.00. The van der Waals surface area contributed by atoms with E-state index in [4.69, 9.17) is 0 Å². The third kappa shape index (κ3) is 18.9. The van der Waals surface area contributed by atoms with Crippen molar-refractivity contribution in [1.29, 1.82) is 0 Å². The average Bonchev–Trinajstić information content (AvgIpc) is 2.54. The fourth-order valence-electron chi connectivity index (χ4n) is 3.35. The van der Waals surface area contributed by atoms with Crippen LogP contribution in [0.3, 0.4) is 0 Å². The van der Waals surface area contributed by atoms with E-state index in [1.165, 1.54) is 32.1 Å². The molecule has 2 unspecified atom stereocenters. The summed E-state index contributed by atoms with van der Waals surface area (Å²) >= 11 is 0. The van der Waals surface area contributed by atoms with E-state index in [1.807, 2.05) is 0 Å². The number of aliphatic hydroxyl groups is 1. The maximum absolute atomic E-state index is 11.4. The Labute approximate surface area is 205 Å². The molecule has 0 spiro atoms. The molecule has 0 fully saturated rings. The van der Waals surface area contributed by atoms with Crippen LogP contribution in [0.1, 0.15) is 117 Å². The van der Waals surface area contributed by atoms with Gasteiger partial charge in [-0.3, -0.25) is 0 Å². The smallest absolute Gasteiger partial charge is 0.748 e. The van der Waals surface area contributed by atoms with Crippen molar-refractivity contribution >= 4 is 10.1 Å². The summed E-state index contributed by atoms with van der Waals surface area (Å²) in [5.74, 6) is 0. The van der Waals surface area contributed by atoms with Crippen molar-refractivity contribution < 1.29 is 69.5 Å². The predicted molar refractivity (Wildman–Crippen MR) is 105 cm³/mol. The van der Waals surface area contributed by atoms with Crippen LogP contribution in [0.15, 0.2) is 0 Å². The standard InChI is InChI=1S/C20H42O4S.K/c1-3-5-6-7-8-9-10-13-17-20(25(22,23)24)18-14-11-12-16-19(21)15-4-2;/h19-21H,3-18H2,1-2H3,(H,22,23,24);/q;+1/p-1. The first-order valence-electron chi connectivity index (χ1n) is 10.5. The van der Waals surface area contributed by atoms with Crippen LogP contribution in [0.2, 0.25) is 0 Å². The number of unbranched alkanes of at least 4 members (excludes halogenated alkanes) is 9. The third-order valence-corrected chi connectivity index (χ3v) is 6.26. The van der Waals surface area contributed by atoms with Crippen LogP contribution < -0.4 is 51.4 Å². The van der Waals surface area contributed by atoms with Crippen LogP contribution in [0.4, 0.5) is 0 Å². The minimum atomic E-state index is -4.18. The van der Waals surface area contributed by atoms with Gasteiger partial charge in [-0.05, 0) is 25.7 Å². The molecule has 26 heavy (non-hydrogen) atoms. The normalized spacial score (nSPS) is 14.0. The van der Waals surface area contributed by atoms with E-state index in [9.17, 15) is 18.1 Å². The summed E-state index contributed by atoms with van der Waals surface area (Å²) in [5.41, 5.74) is 0. The van der Waals surface area contributed by atoms with Crippen molar-refractivity contribution in [2.45, 2.75) is 128 Å². The number of hydrogen-bond acceptors (Lipinski definition) is 4. The van der Waals surface area contributed by atoms with E-state index in [2.05, 4.69) is 13.8 Å². The SMILES string of the molecule is CCCCCCCCCCC(CCCCCC(O)CCC)S(=O)(=O)[O-].[K+]. The van der Waals surface area contributed by atoms with Crippen molar-refractivity contribution in [1.82, 2.24) is 0 Å². The van der Waals surface area contributed by atoms with E-state index in [0.717, 1.165) is 57.8 Å². The number of aliphatic hydroxyl groups excluding tert-OH is 1. The second-order valence-electron chi connectivity index (χ2n) is 7.46. The topological polar surface area (TPSA) is 77.4 Å². The monoisotopic (exact) mass is 416 g/mol. The van der Waals surface area contributed by atoms with Crippen molar-refractivity contribution in [2.75, 3.05) is 0 Å². The first kappa shape index (κ1) is 29.7. The third-order valence-electron chi connectivity index (χ3n) is 4.97. The van der Waals surface area contributed by atoms with Gasteiger partial charge < -0.3 is 9.66 Å². The van der Waals surface area contributed by atoms with Gasteiger partial charge in [0.2, 0.25) is 0 Å². The van der Waals surface area contributed by atoms with Gasteiger partial charge in [-0.2, -0.15) is 0 Å². The number of rotatable bonds is 18. The molecule has 0 amide bonds. The van der Waals surface area contributed by atoms with Crippen LogP contribution in [-0.2, 0) is 10.1 Å². The molecule has 6 heteroatoms. The quantitative estimate of drug-likeness (QED) is 0.212. The van der Waals surface area contributed by atoms with Gasteiger partial charge in [0, 0.05) is 5.25 Å². The minimum Gasteiger partial charge on any atom is -0.748 e. The van der Waals surface area contributed by atoms with Crippen LogP contribution in [0.25, 0.3) is 0 Å². The second-order valence-corrected chi connectivity index (χ2v) is 9.11. The Balaban J connectivity index is 0. The molecule has 4 nitrogen and oxygen atoms in total. The molecule has 0 aliphatic rings. The second kappa shape index (κ2) is 19.8. The summed E-state index contributed by atoms with van der Waals surface area (Å²) < 4.78 is 34.3. The van der Waals surface area contributed by atoms with Gasteiger partial charge in [-0.25, -0.2) is 8.42 Å². The molecule has 0 aromatic rings.